The number of amides is 1. The van der Waals surface area contributed by atoms with Crippen molar-refractivity contribution in [1.29, 1.82) is 0 Å². The Morgan fingerprint density at radius 3 is 2.18 bits per heavy atom. The van der Waals surface area contributed by atoms with Gasteiger partial charge < -0.3 is 10.1 Å². The van der Waals surface area contributed by atoms with Crippen LogP contribution in [0.1, 0.15) is 41.6 Å². The van der Waals surface area contributed by atoms with Crippen LogP contribution in [0, 0.1) is 13.8 Å². The van der Waals surface area contributed by atoms with E-state index < -0.39 is 6.10 Å². The standard InChI is InChI=1S/C25H27NO2/c1-4-23(28-22-12-8-9-19(3)17-22)25(27)26-24(20-10-6-5-7-11-20)21-15-13-18(2)14-16-21/h5-17,23-24H,4H2,1-3H3,(H,26,27). The van der Waals surface area contributed by atoms with Crippen molar-refractivity contribution >= 4 is 5.91 Å². The average molecular weight is 373 g/mol. The first kappa shape index (κ1) is 19.7. The molecule has 0 radical (unpaired) electrons. The van der Waals surface area contributed by atoms with E-state index in [4.69, 9.17) is 4.74 Å². The fourth-order valence-electron chi connectivity index (χ4n) is 3.17. The molecule has 0 heterocycles. The molecule has 0 saturated carbocycles. The minimum Gasteiger partial charge on any atom is -0.481 e. The van der Waals surface area contributed by atoms with Crippen LogP contribution in [0.15, 0.2) is 78.9 Å². The summed E-state index contributed by atoms with van der Waals surface area (Å²) in [4.78, 5) is 13.1. The highest BCUT2D eigenvalue weighted by Gasteiger charge is 2.23. The summed E-state index contributed by atoms with van der Waals surface area (Å²) in [5.41, 5.74) is 4.39. The quantitative estimate of drug-likeness (QED) is 0.605. The van der Waals surface area contributed by atoms with E-state index in [1.165, 1.54) is 5.56 Å². The van der Waals surface area contributed by atoms with Crippen molar-refractivity contribution in [1.82, 2.24) is 5.32 Å². The minimum absolute atomic E-state index is 0.113. The van der Waals surface area contributed by atoms with Gasteiger partial charge in [-0.1, -0.05) is 79.2 Å². The molecule has 0 bridgehead atoms. The molecule has 3 aromatic rings. The topological polar surface area (TPSA) is 38.3 Å². The Hall–Kier alpha value is -3.07. The maximum atomic E-state index is 13.1. The lowest BCUT2D eigenvalue weighted by molar-refractivity contribution is -0.128. The molecule has 144 valence electrons. The van der Waals surface area contributed by atoms with Gasteiger partial charge in [0.2, 0.25) is 0 Å². The Morgan fingerprint density at radius 2 is 1.54 bits per heavy atom. The molecule has 0 saturated heterocycles. The van der Waals surface area contributed by atoms with E-state index in [0.717, 1.165) is 16.7 Å². The van der Waals surface area contributed by atoms with Gasteiger partial charge in [-0.05, 0) is 49.1 Å². The molecule has 3 nitrogen and oxygen atoms in total. The summed E-state index contributed by atoms with van der Waals surface area (Å²) >= 11 is 0. The van der Waals surface area contributed by atoms with Crippen LogP contribution < -0.4 is 10.1 Å². The van der Waals surface area contributed by atoms with Gasteiger partial charge in [0.15, 0.2) is 6.10 Å². The molecule has 0 aliphatic rings. The second-order valence-corrected chi connectivity index (χ2v) is 7.09. The molecule has 0 aliphatic heterocycles. The average Bonchev–Trinajstić information content (AvgIpc) is 2.71. The van der Waals surface area contributed by atoms with Gasteiger partial charge in [-0.15, -0.1) is 0 Å². The van der Waals surface area contributed by atoms with E-state index >= 15 is 0 Å². The second kappa shape index (κ2) is 9.23. The summed E-state index contributed by atoms with van der Waals surface area (Å²) < 4.78 is 5.99. The van der Waals surface area contributed by atoms with Gasteiger partial charge in [0.1, 0.15) is 5.75 Å². The summed E-state index contributed by atoms with van der Waals surface area (Å²) in [6.45, 7) is 6.03. The molecule has 0 spiro atoms. The lowest BCUT2D eigenvalue weighted by Gasteiger charge is -2.24. The first-order valence-corrected chi connectivity index (χ1v) is 9.72. The normalized spacial score (nSPS) is 12.8. The number of carbonyl (C=O) groups excluding carboxylic acids is 1. The van der Waals surface area contributed by atoms with Crippen LogP contribution in [0.4, 0.5) is 0 Å². The molecular formula is C25H27NO2. The maximum Gasteiger partial charge on any atom is 0.261 e. The molecule has 1 amide bonds. The van der Waals surface area contributed by atoms with Gasteiger partial charge >= 0.3 is 0 Å². The molecule has 0 aliphatic carbocycles. The van der Waals surface area contributed by atoms with Crippen LogP contribution in [-0.4, -0.2) is 12.0 Å². The van der Waals surface area contributed by atoms with Crippen LogP contribution in [0.3, 0.4) is 0 Å². The number of hydrogen-bond acceptors (Lipinski definition) is 2. The monoisotopic (exact) mass is 373 g/mol. The highest BCUT2D eigenvalue weighted by atomic mass is 16.5. The summed E-state index contributed by atoms with van der Waals surface area (Å²) in [6.07, 6.45) is 0.0494. The summed E-state index contributed by atoms with van der Waals surface area (Å²) in [5, 5.41) is 3.19. The zero-order valence-electron chi connectivity index (χ0n) is 16.7. The van der Waals surface area contributed by atoms with Gasteiger partial charge in [-0.2, -0.15) is 0 Å². The van der Waals surface area contributed by atoms with Gasteiger partial charge in [0.25, 0.3) is 5.91 Å². The third-order valence-electron chi connectivity index (χ3n) is 4.76. The number of carbonyl (C=O) groups is 1. The van der Waals surface area contributed by atoms with Crippen molar-refractivity contribution in [2.75, 3.05) is 0 Å². The lowest BCUT2D eigenvalue weighted by Crippen LogP contribution is -2.40. The Bertz CT molecular complexity index is 903. The first-order chi connectivity index (χ1) is 13.6. The zero-order valence-corrected chi connectivity index (χ0v) is 16.7. The second-order valence-electron chi connectivity index (χ2n) is 7.09. The molecular weight excluding hydrogens is 346 g/mol. The van der Waals surface area contributed by atoms with Gasteiger partial charge in [0.05, 0.1) is 6.04 Å². The van der Waals surface area contributed by atoms with Crippen LogP contribution in [-0.2, 0) is 4.79 Å². The minimum atomic E-state index is -0.543. The van der Waals surface area contributed by atoms with E-state index in [2.05, 4.69) is 36.5 Å². The third kappa shape index (κ3) is 5.01. The number of aryl methyl sites for hydroxylation is 2. The molecule has 2 atom stereocenters. The van der Waals surface area contributed by atoms with E-state index in [9.17, 15) is 4.79 Å². The Morgan fingerprint density at radius 1 is 0.857 bits per heavy atom. The van der Waals surface area contributed by atoms with Crippen molar-refractivity contribution in [2.45, 2.75) is 39.3 Å². The Kier molecular flexibility index (Phi) is 6.49. The molecule has 0 aromatic heterocycles. The van der Waals surface area contributed by atoms with Crippen molar-refractivity contribution in [2.24, 2.45) is 0 Å². The van der Waals surface area contributed by atoms with Crippen LogP contribution in [0.5, 0.6) is 5.75 Å². The molecule has 28 heavy (non-hydrogen) atoms. The summed E-state index contributed by atoms with van der Waals surface area (Å²) in [7, 11) is 0. The summed E-state index contributed by atoms with van der Waals surface area (Å²) in [6, 6.07) is 25.9. The molecule has 3 aromatic carbocycles. The van der Waals surface area contributed by atoms with E-state index in [1.54, 1.807) is 0 Å². The molecule has 3 heteroatoms. The van der Waals surface area contributed by atoms with Crippen LogP contribution in [0.2, 0.25) is 0 Å². The fourth-order valence-corrected chi connectivity index (χ4v) is 3.17. The van der Waals surface area contributed by atoms with Crippen LogP contribution >= 0.6 is 0 Å². The smallest absolute Gasteiger partial charge is 0.261 e. The van der Waals surface area contributed by atoms with E-state index in [0.29, 0.717) is 12.2 Å². The Balaban J connectivity index is 1.82. The number of hydrogen-bond donors (Lipinski definition) is 1. The van der Waals surface area contributed by atoms with Crippen molar-refractivity contribution in [3.05, 3.63) is 101 Å². The number of rotatable bonds is 7. The third-order valence-corrected chi connectivity index (χ3v) is 4.76. The number of ether oxygens (including phenoxy) is 1. The number of nitrogens with one attached hydrogen (secondary N) is 1. The highest BCUT2D eigenvalue weighted by Crippen LogP contribution is 2.23. The first-order valence-electron chi connectivity index (χ1n) is 9.72. The molecule has 1 N–H and O–H groups in total. The van der Waals surface area contributed by atoms with Gasteiger partial charge in [0, 0.05) is 0 Å². The Labute approximate surface area is 167 Å². The van der Waals surface area contributed by atoms with Crippen molar-refractivity contribution in [3.63, 3.8) is 0 Å². The SMILES string of the molecule is CCC(Oc1cccc(C)c1)C(=O)NC(c1ccccc1)c1ccc(C)cc1. The highest BCUT2D eigenvalue weighted by molar-refractivity contribution is 5.82. The fraction of sp³-hybridized carbons (Fsp3) is 0.240. The van der Waals surface area contributed by atoms with Gasteiger partial charge in [-0.25, -0.2) is 0 Å². The van der Waals surface area contributed by atoms with Crippen LogP contribution in [0.25, 0.3) is 0 Å². The van der Waals surface area contributed by atoms with Gasteiger partial charge in [-0.3, -0.25) is 4.79 Å². The van der Waals surface area contributed by atoms with E-state index in [1.807, 2.05) is 68.4 Å². The number of benzene rings is 3. The summed E-state index contributed by atoms with van der Waals surface area (Å²) in [5.74, 6) is 0.604. The largest absolute Gasteiger partial charge is 0.481 e. The zero-order chi connectivity index (χ0) is 19.9. The van der Waals surface area contributed by atoms with Crippen molar-refractivity contribution < 1.29 is 9.53 Å². The van der Waals surface area contributed by atoms with Crippen molar-refractivity contribution in [3.8, 4) is 5.75 Å². The lowest BCUT2D eigenvalue weighted by atomic mass is 9.97. The maximum absolute atomic E-state index is 13.1. The van der Waals surface area contributed by atoms with E-state index in [-0.39, 0.29) is 11.9 Å². The predicted octanol–water partition coefficient (Wildman–Crippen LogP) is 5.37. The molecule has 2 unspecified atom stereocenters. The predicted molar refractivity (Wildman–Crippen MR) is 113 cm³/mol. The molecule has 3 rings (SSSR count). The molecule has 0 fully saturated rings.